The Morgan fingerprint density at radius 3 is 2.15 bits per heavy atom. The summed E-state index contributed by atoms with van der Waals surface area (Å²) < 4.78 is 17.7. The molecule has 0 atom stereocenters. The monoisotopic (exact) mass is 281 g/mol. The number of ether oxygens (including phenoxy) is 1. The zero-order chi connectivity index (χ0) is 15.4. The Balaban J connectivity index is 2.61. The van der Waals surface area contributed by atoms with Crippen molar-refractivity contribution in [2.24, 2.45) is 10.2 Å². The van der Waals surface area contributed by atoms with Crippen molar-refractivity contribution in [3.05, 3.63) is 30.1 Å². The molecular formula is C14H20FN3O2. The standard InChI is InChI=1S/C14H20FN3O2/c1-13(2,3)17-18-14(4,5)16-12(19)20-11-8-6-10(15)7-9-11/h6-9H,1-5H3,(H,16,19)/b18-17+. The third kappa shape index (κ3) is 6.26. The van der Waals surface area contributed by atoms with Crippen molar-refractivity contribution in [2.75, 3.05) is 0 Å². The molecule has 0 unspecified atom stereocenters. The second kappa shape index (κ2) is 5.98. The van der Waals surface area contributed by atoms with E-state index in [9.17, 15) is 9.18 Å². The van der Waals surface area contributed by atoms with Crippen LogP contribution in [0.25, 0.3) is 0 Å². The quantitative estimate of drug-likeness (QED) is 0.854. The summed E-state index contributed by atoms with van der Waals surface area (Å²) in [5.74, 6) is -0.135. The molecule has 1 aromatic rings. The highest BCUT2D eigenvalue weighted by Gasteiger charge is 2.22. The molecule has 20 heavy (non-hydrogen) atoms. The maximum atomic E-state index is 12.7. The van der Waals surface area contributed by atoms with Gasteiger partial charge in [-0.3, -0.25) is 5.32 Å². The second-order valence-corrected chi connectivity index (χ2v) is 5.90. The van der Waals surface area contributed by atoms with E-state index in [0.717, 1.165) is 0 Å². The molecule has 110 valence electrons. The van der Waals surface area contributed by atoms with Crippen molar-refractivity contribution >= 4 is 6.09 Å². The lowest BCUT2D eigenvalue weighted by molar-refractivity contribution is 0.187. The number of carbonyl (C=O) groups excluding carboxylic acids is 1. The number of azo groups is 1. The molecule has 5 nitrogen and oxygen atoms in total. The average molecular weight is 281 g/mol. The SMILES string of the molecule is CC(C)(C)/N=N/C(C)(C)NC(=O)Oc1ccc(F)cc1. The Kier molecular flexibility index (Phi) is 4.81. The Morgan fingerprint density at radius 2 is 1.65 bits per heavy atom. The topological polar surface area (TPSA) is 63.0 Å². The predicted molar refractivity (Wildman–Crippen MR) is 74.2 cm³/mol. The van der Waals surface area contributed by atoms with Crippen LogP contribution in [0.15, 0.2) is 34.5 Å². The lowest BCUT2D eigenvalue weighted by Crippen LogP contribution is -2.43. The first-order valence-electron chi connectivity index (χ1n) is 6.27. The molecule has 1 N–H and O–H groups in total. The summed E-state index contributed by atoms with van der Waals surface area (Å²) in [6.45, 7) is 9.12. The van der Waals surface area contributed by atoms with E-state index in [1.165, 1.54) is 24.3 Å². The van der Waals surface area contributed by atoms with Crippen LogP contribution >= 0.6 is 0 Å². The number of hydrogen-bond acceptors (Lipinski definition) is 4. The number of carbonyl (C=O) groups is 1. The lowest BCUT2D eigenvalue weighted by atomic mass is 10.1. The van der Waals surface area contributed by atoms with E-state index < -0.39 is 17.6 Å². The summed E-state index contributed by atoms with van der Waals surface area (Å²) in [5, 5.41) is 10.8. The summed E-state index contributed by atoms with van der Waals surface area (Å²) >= 11 is 0. The summed E-state index contributed by atoms with van der Waals surface area (Å²) in [6.07, 6.45) is -0.672. The minimum absolute atomic E-state index is 0.257. The molecule has 0 fully saturated rings. The molecule has 1 aromatic carbocycles. The zero-order valence-electron chi connectivity index (χ0n) is 12.4. The van der Waals surface area contributed by atoms with Gasteiger partial charge in [-0.05, 0) is 58.9 Å². The maximum Gasteiger partial charge on any atom is 0.414 e. The summed E-state index contributed by atoms with van der Waals surface area (Å²) in [6, 6.07) is 5.18. The number of hydrogen-bond donors (Lipinski definition) is 1. The van der Waals surface area contributed by atoms with E-state index in [2.05, 4.69) is 15.5 Å². The molecule has 1 rings (SSSR count). The highest BCUT2D eigenvalue weighted by Crippen LogP contribution is 2.14. The molecule has 0 aromatic heterocycles. The van der Waals surface area contributed by atoms with E-state index in [-0.39, 0.29) is 11.3 Å². The molecule has 0 saturated heterocycles. The highest BCUT2D eigenvalue weighted by molar-refractivity contribution is 5.71. The van der Waals surface area contributed by atoms with Gasteiger partial charge in [-0.15, -0.1) is 0 Å². The van der Waals surface area contributed by atoms with Gasteiger partial charge < -0.3 is 4.74 Å². The number of nitrogens with one attached hydrogen (secondary N) is 1. The molecule has 1 amide bonds. The number of amides is 1. The van der Waals surface area contributed by atoms with Crippen molar-refractivity contribution in [2.45, 2.75) is 45.8 Å². The van der Waals surface area contributed by atoms with Crippen molar-refractivity contribution in [1.82, 2.24) is 5.32 Å². The van der Waals surface area contributed by atoms with Crippen LogP contribution in [-0.4, -0.2) is 17.3 Å². The average Bonchev–Trinajstić information content (AvgIpc) is 2.28. The number of nitrogens with zero attached hydrogens (tertiary/aromatic N) is 2. The van der Waals surface area contributed by atoms with E-state index in [1.54, 1.807) is 13.8 Å². The lowest BCUT2D eigenvalue weighted by Gasteiger charge is -2.21. The largest absolute Gasteiger partial charge is 0.414 e. The fraction of sp³-hybridized carbons (Fsp3) is 0.500. The highest BCUT2D eigenvalue weighted by atomic mass is 19.1. The first-order chi connectivity index (χ1) is 9.07. The van der Waals surface area contributed by atoms with Crippen LogP contribution < -0.4 is 10.1 Å². The Hall–Kier alpha value is -1.98. The van der Waals surface area contributed by atoms with Gasteiger partial charge in [-0.1, -0.05) is 0 Å². The van der Waals surface area contributed by atoms with Gasteiger partial charge in [0.25, 0.3) is 0 Å². The van der Waals surface area contributed by atoms with Crippen molar-refractivity contribution in [3.8, 4) is 5.75 Å². The first kappa shape index (κ1) is 16.1. The molecule has 0 radical (unpaired) electrons. The van der Waals surface area contributed by atoms with Crippen LogP contribution in [0.5, 0.6) is 5.75 Å². The molecular weight excluding hydrogens is 261 g/mol. The van der Waals surface area contributed by atoms with Gasteiger partial charge in [0, 0.05) is 0 Å². The van der Waals surface area contributed by atoms with Crippen LogP contribution in [0, 0.1) is 5.82 Å². The van der Waals surface area contributed by atoms with Gasteiger partial charge in [0.05, 0.1) is 5.54 Å². The molecule has 0 spiro atoms. The molecule has 0 aliphatic heterocycles. The summed E-state index contributed by atoms with van der Waals surface area (Å²) in [5.41, 5.74) is -1.20. The van der Waals surface area contributed by atoms with Crippen LogP contribution in [0.3, 0.4) is 0 Å². The molecule has 0 bridgehead atoms. The van der Waals surface area contributed by atoms with Gasteiger partial charge in [0.2, 0.25) is 0 Å². The fourth-order valence-electron chi connectivity index (χ4n) is 1.18. The van der Waals surface area contributed by atoms with Gasteiger partial charge in [0.1, 0.15) is 17.2 Å². The minimum Gasteiger partial charge on any atom is -0.410 e. The van der Waals surface area contributed by atoms with Gasteiger partial charge in [-0.2, -0.15) is 10.2 Å². The summed E-state index contributed by atoms with van der Waals surface area (Å²) in [4.78, 5) is 11.7. The zero-order valence-corrected chi connectivity index (χ0v) is 12.4. The summed E-state index contributed by atoms with van der Waals surface area (Å²) in [7, 11) is 0. The van der Waals surface area contributed by atoms with Crippen LogP contribution in [-0.2, 0) is 0 Å². The minimum atomic E-state index is -0.885. The van der Waals surface area contributed by atoms with Crippen LogP contribution in [0.4, 0.5) is 9.18 Å². The molecule has 0 heterocycles. The molecule has 6 heteroatoms. The van der Waals surface area contributed by atoms with Crippen molar-refractivity contribution in [3.63, 3.8) is 0 Å². The van der Waals surface area contributed by atoms with Gasteiger partial charge in [-0.25, -0.2) is 9.18 Å². The maximum absolute atomic E-state index is 12.7. The number of halogens is 1. The number of rotatable bonds is 3. The van der Waals surface area contributed by atoms with E-state index >= 15 is 0 Å². The molecule has 0 aliphatic carbocycles. The molecule has 0 aliphatic rings. The van der Waals surface area contributed by atoms with Crippen LogP contribution in [0.2, 0.25) is 0 Å². The first-order valence-corrected chi connectivity index (χ1v) is 6.27. The van der Waals surface area contributed by atoms with Crippen molar-refractivity contribution < 1.29 is 13.9 Å². The van der Waals surface area contributed by atoms with Crippen LogP contribution in [0.1, 0.15) is 34.6 Å². The Bertz CT molecular complexity index is 490. The normalized spacial score (nSPS) is 12.5. The van der Waals surface area contributed by atoms with Crippen molar-refractivity contribution in [1.29, 1.82) is 0 Å². The third-order valence-corrected chi connectivity index (χ3v) is 2.03. The Labute approximate surface area is 118 Å². The Morgan fingerprint density at radius 1 is 1.10 bits per heavy atom. The molecule has 0 saturated carbocycles. The van der Waals surface area contributed by atoms with E-state index in [1.807, 2.05) is 20.8 Å². The van der Waals surface area contributed by atoms with E-state index in [4.69, 9.17) is 4.74 Å². The fourth-order valence-corrected chi connectivity index (χ4v) is 1.18. The van der Waals surface area contributed by atoms with Gasteiger partial charge in [0.15, 0.2) is 0 Å². The predicted octanol–water partition coefficient (Wildman–Crippen LogP) is 3.90. The van der Waals surface area contributed by atoms with E-state index in [0.29, 0.717) is 0 Å². The van der Waals surface area contributed by atoms with Gasteiger partial charge >= 0.3 is 6.09 Å². The third-order valence-electron chi connectivity index (χ3n) is 2.03. The second-order valence-electron chi connectivity index (χ2n) is 5.90. The number of benzene rings is 1. The smallest absolute Gasteiger partial charge is 0.410 e.